The largest absolute Gasteiger partial charge is 0.491 e. The summed E-state index contributed by atoms with van der Waals surface area (Å²) in [5, 5.41) is 3.25. The topological polar surface area (TPSA) is 21.3 Å². The molecule has 2 rings (SSSR count). The van der Waals surface area contributed by atoms with Crippen molar-refractivity contribution in [2.45, 2.75) is 26.5 Å². The summed E-state index contributed by atoms with van der Waals surface area (Å²) >= 11 is 3.17. The molecular weight excluding hydrogens is 321 g/mol. The SMILES string of the molecule is CC(C)Oc1ccc(CNc2ccc(F)c(Br)c2)cc1. The minimum absolute atomic E-state index is 0.176. The third kappa shape index (κ3) is 4.23. The van der Waals surface area contributed by atoms with E-state index in [0.29, 0.717) is 11.0 Å². The maximum Gasteiger partial charge on any atom is 0.137 e. The van der Waals surface area contributed by atoms with Gasteiger partial charge in [-0.25, -0.2) is 4.39 Å². The van der Waals surface area contributed by atoms with Crippen LogP contribution in [0.25, 0.3) is 0 Å². The molecule has 0 unspecified atom stereocenters. The molecular formula is C16H17BrFNO. The second-order valence-corrected chi connectivity index (χ2v) is 5.65. The maximum absolute atomic E-state index is 13.1. The average molecular weight is 338 g/mol. The number of hydrogen-bond acceptors (Lipinski definition) is 2. The molecule has 4 heteroatoms. The van der Waals surface area contributed by atoms with Crippen LogP contribution in [0, 0.1) is 5.82 Å². The van der Waals surface area contributed by atoms with E-state index in [4.69, 9.17) is 4.74 Å². The van der Waals surface area contributed by atoms with Crippen LogP contribution < -0.4 is 10.1 Å². The molecule has 0 bridgehead atoms. The zero-order valence-electron chi connectivity index (χ0n) is 11.5. The molecule has 1 N–H and O–H groups in total. The number of hydrogen-bond donors (Lipinski definition) is 1. The Morgan fingerprint density at radius 3 is 2.45 bits per heavy atom. The van der Waals surface area contributed by atoms with Gasteiger partial charge in [0.2, 0.25) is 0 Å². The van der Waals surface area contributed by atoms with E-state index in [0.717, 1.165) is 17.0 Å². The Hall–Kier alpha value is -1.55. The average Bonchev–Trinajstić information content (AvgIpc) is 2.41. The zero-order chi connectivity index (χ0) is 14.5. The second-order valence-electron chi connectivity index (χ2n) is 4.79. The second kappa shape index (κ2) is 6.75. The van der Waals surface area contributed by atoms with Crippen LogP contribution in [0.3, 0.4) is 0 Å². The molecule has 0 radical (unpaired) electrons. The van der Waals surface area contributed by atoms with Gasteiger partial charge in [0, 0.05) is 12.2 Å². The van der Waals surface area contributed by atoms with Gasteiger partial charge in [0.15, 0.2) is 0 Å². The predicted octanol–water partition coefficient (Wildman–Crippen LogP) is 4.99. The van der Waals surface area contributed by atoms with E-state index in [1.54, 1.807) is 12.1 Å². The van der Waals surface area contributed by atoms with Crippen molar-refractivity contribution >= 4 is 21.6 Å². The monoisotopic (exact) mass is 337 g/mol. The number of nitrogens with one attached hydrogen (secondary N) is 1. The standard InChI is InChI=1S/C16H17BrFNO/c1-11(2)20-14-6-3-12(4-7-14)10-19-13-5-8-16(18)15(17)9-13/h3-9,11,19H,10H2,1-2H3. The Kier molecular flexibility index (Phi) is 5.01. The van der Waals surface area contributed by atoms with E-state index in [-0.39, 0.29) is 11.9 Å². The minimum Gasteiger partial charge on any atom is -0.491 e. The van der Waals surface area contributed by atoms with Crippen LogP contribution in [0.5, 0.6) is 5.75 Å². The quantitative estimate of drug-likeness (QED) is 0.829. The Labute approximate surface area is 127 Å². The van der Waals surface area contributed by atoms with Crippen molar-refractivity contribution in [1.29, 1.82) is 0 Å². The smallest absolute Gasteiger partial charge is 0.137 e. The van der Waals surface area contributed by atoms with E-state index in [2.05, 4.69) is 21.2 Å². The Morgan fingerprint density at radius 2 is 1.85 bits per heavy atom. The van der Waals surface area contributed by atoms with Crippen LogP contribution in [0.15, 0.2) is 46.9 Å². The molecule has 0 aliphatic carbocycles. The lowest BCUT2D eigenvalue weighted by molar-refractivity contribution is 0.242. The summed E-state index contributed by atoms with van der Waals surface area (Å²) in [5.41, 5.74) is 2.02. The molecule has 0 aliphatic rings. The van der Waals surface area contributed by atoms with Gasteiger partial charge in [-0.15, -0.1) is 0 Å². The van der Waals surface area contributed by atoms with Crippen molar-refractivity contribution in [2.75, 3.05) is 5.32 Å². The molecule has 0 aliphatic heterocycles. The molecule has 0 amide bonds. The molecule has 0 aromatic heterocycles. The van der Waals surface area contributed by atoms with Crippen LogP contribution in [-0.2, 0) is 6.54 Å². The van der Waals surface area contributed by atoms with Gasteiger partial charge in [-0.05, 0) is 65.7 Å². The van der Waals surface area contributed by atoms with Crippen molar-refractivity contribution in [3.63, 3.8) is 0 Å². The van der Waals surface area contributed by atoms with Crippen LogP contribution in [0.4, 0.5) is 10.1 Å². The summed E-state index contributed by atoms with van der Waals surface area (Å²) in [6.45, 7) is 4.68. The molecule has 2 aromatic carbocycles. The fraction of sp³-hybridized carbons (Fsp3) is 0.250. The Balaban J connectivity index is 1.95. The van der Waals surface area contributed by atoms with Gasteiger partial charge in [-0.3, -0.25) is 0 Å². The molecule has 2 aromatic rings. The zero-order valence-corrected chi connectivity index (χ0v) is 13.1. The molecule has 0 heterocycles. The van der Waals surface area contributed by atoms with Crippen LogP contribution in [-0.4, -0.2) is 6.10 Å². The van der Waals surface area contributed by atoms with Gasteiger partial charge < -0.3 is 10.1 Å². The molecule has 0 spiro atoms. The van der Waals surface area contributed by atoms with Gasteiger partial charge in [-0.2, -0.15) is 0 Å². The predicted molar refractivity (Wildman–Crippen MR) is 83.6 cm³/mol. The first-order valence-corrected chi connectivity index (χ1v) is 7.28. The highest BCUT2D eigenvalue weighted by Gasteiger charge is 2.01. The lowest BCUT2D eigenvalue weighted by atomic mass is 10.2. The summed E-state index contributed by atoms with van der Waals surface area (Å²) in [6, 6.07) is 12.8. The Morgan fingerprint density at radius 1 is 1.15 bits per heavy atom. The van der Waals surface area contributed by atoms with Crippen molar-refractivity contribution in [3.8, 4) is 5.75 Å². The molecule has 2 nitrogen and oxygen atoms in total. The summed E-state index contributed by atoms with van der Waals surface area (Å²) in [4.78, 5) is 0. The van der Waals surface area contributed by atoms with Gasteiger partial charge in [0.25, 0.3) is 0 Å². The molecule has 106 valence electrons. The van der Waals surface area contributed by atoms with E-state index in [1.165, 1.54) is 6.07 Å². The number of ether oxygens (including phenoxy) is 1. The number of anilines is 1. The van der Waals surface area contributed by atoms with Crippen molar-refractivity contribution in [1.82, 2.24) is 0 Å². The van der Waals surface area contributed by atoms with Crippen LogP contribution in [0.2, 0.25) is 0 Å². The summed E-state index contributed by atoms with van der Waals surface area (Å²) in [6.07, 6.45) is 0.176. The molecule has 0 saturated carbocycles. The van der Waals surface area contributed by atoms with Gasteiger partial charge >= 0.3 is 0 Å². The van der Waals surface area contributed by atoms with Crippen molar-refractivity contribution in [2.24, 2.45) is 0 Å². The normalized spacial score (nSPS) is 10.7. The van der Waals surface area contributed by atoms with E-state index >= 15 is 0 Å². The first-order valence-electron chi connectivity index (χ1n) is 6.49. The number of rotatable bonds is 5. The highest BCUT2D eigenvalue weighted by Crippen LogP contribution is 2.21. The van der Waals surface area contributed by atoms with E-state index in [1.807, 2.05) is 38.1 Å². The summed E-state index contributed by atoms with van der Waals surface area (Å²) < 4.78 is 19.2. The summed E-state index contributed by atoms with van der Waals surface area (Å²) in [5.74, 6) is 0.610. The van der Waals surface area contributed by atoms with Crippen molar-refractivity contribution in [3.05, 3.63) is 58.3 Å². The lowest BCUT2D eigenvalue weighted by Crippen LogP contribution is -2.05. The maximum atomic E-state index is 13.1. The molecule has 0 atom stereocenters. The van der Waals surface area contributed by atoms with Crippen LogP contribution in [0.1, 0.15) is 19.4 Å². The fourth-order valence-corrected chi connectivity index (χ4v) is 2.15. The highest BCUT2D eigenvalue weighted by molar-refractivity contribution is 9.10. The van der Waals surface area contributed by atoms with Crippen LogP contribution >= 0.6 is 15.9 Å². The Bertz CT molecular complexity index is 569. The first kappa shape index (κ1) is 14.9. The molecule has 0 saturated heterocycles. The van der Waals surface area contributed by atoms with Gasteiger partial charge in [0.1, 0.15) is 11.6 Å². The van der Waals surface area contributed by atoms with Gasteiger partial charge in [0.05, 0.1) is 10.6 Å². The molecule has 20 heavy (non-hydrogen) atoms. The third-order valence-corrected chi connectivity index (χ3v) is 3.32. The molecule has 0 fully saturated rings. The van der Waals surface area contributed by atoms with E-state index in [9.17, 15) is 4.39 Å². The summed E-state index contributed by atoms with van der Waals surface area (Å²) in [7, 11) is 0. The third-order valence-electron chi connectivity index (χ3n) is 2.71. The number of halogens is 2. The van der Waals surface area contributed by atoms with Gasteiger partial charge in [-0.1, -0.05) is 12.1 Å². The minimum atomic E-state index is -0.259. The highest BCUT2D eigenvalue weighted by atomic mass is 79.9. The fourth-order valence-electron chi connectivity index (χ4n) is 1.77. The first-order chi connectivity index (χ1) is 9.54. The lowest BCUT2D eigenvalue weighted by Gasteiger charge is -2.11. The number of benzene rings is 2. The van der Waals surface area contributed by atoms with Crippen molar-refractivity contribution < 1.29 is 9.13 Å². The van der Waals surface area contributed by atoms with E-state index < -0.39 is 0 Å².